The fourth-order valence-corrected chi connectivity index (χ4v) is 8.34. The van der Waals surface area contributed by atoms with E-state index in [0.717, 1.165) is 5.57 Å². The molecule has 2 saturated carbocycles. The molecule has 0 heterocycles. The molecule has 0 aromatic heterocycles. The van der Waals surface area contributed by atoms with Gasteiger partial charge < -0.3 is 5.11 Å². The highest BCUT2D eigenvalue weighted by molar-refractivity contribution is 7.89. The molecular weight excluding hydrogens is 387 g/mol. The summed E-state index contributed by atoms with van der Waals surface area (Å²) < 4.78 is 29.5. The van der Waals surface area contributed by atoms with Gasteiger partial charge in [-0.3, -0.25) is 9.00 Å². The lowest BCUT2D eigenvalue weighted by Crippen LogP contribution is -2.66. The molecule has 0 bridgehead atoms. The molecule has 1 N–H and O–H groups in total. The first-order chi connectivity index (χ1) is 12.6. The highest BCUT2D eigenvalue weighted by Gasteiger charge is 2.70. The SMILES string of the molecule is CCS(=O)C1=C(Cl)C[C@H]2[C@@H]3CCC4=CC(=O)C=C[C@]4(C)[C@@]3(F)[C@@H](O)C[C@]12C. The zero-order valence-corrected chi connectivity index (χ0v) is 17.5. The Morgan fingerprint density at radius 1 is 1.37 bits per heavy atom. The number of allylic oxidation sites excluding steroid dienone is 6. The summed E-state index contributed by atoms with van der Waals surface area (Å²) >= 11 is 6.54. The number of fused-ring (bicyclic) bond motifs is 5. The monoisotopic (exact) mass is 412 g/mol. The van der Waals surface area contributed by atoms with Crippen LogP contribution in [0.1, 0.15) is 46.5 Å². The van der Waals surface area contributed by atoms with Crippen LogP contribution in [-0.2, 0) is 15.6 Å². The summed E-state index contributed by atoms with van der Waals surface area (Å²) in [5.74, 6) is -0.143. The zero-order valence-electron chi connectivity index (χ0n) is 15.9. The van der Waals surface area contributed by atoms with E-state index in [2.05, 4.69) is 0 Å². The number of carbonyl (C=O) groups excluding carboxylic acids is 1. The molecule has 3 nitrogen and oxygen atoms in total. The molecule has 148 valence electrons. The molecule has 4 rings (SSSR count). The van der Waals surface area contributed by atoms with Crippen molar-refractivity contribution < 1.29 is 18.5 Å². The second kappa shape index (κ2) is 6.11. The smallest absolute Gasteiger partial charge is 0.178 e. The van der Waals surface area contributed by atoms with Gasteiger partial charge in [0.15, 0.2) is 11.5 Å². The van der Waals surface area contributed by atoms with Gasteiger partial charge in [0.2, 0.25) is 0 Å². The minimum atomic E-state index is -1.86. The van der Waals surface area contributed by atoms with E-state index in [4.69, 9.17) is 11.6 Å². The van der Waals surface area contributed by atoms with Gasteiger partial charge >= 0.3 is 0 Å². The Balaban J connectivity index is 1.82. The van der Waals surface area contributed by atoms with E-state index >= 15 is 4.39 Å². The highest BCUT2D eigenvalue weighted by atomic mass is 35.5. The number of alkyl halides is 1. The molecule has 0 aromatic carbocycles. The zero-order chi connectivity index (χ0) is 19.8. The molecule has 7 atom stereocenters. The number of aliphatic hydroxyl groups excluding tert-OH is 1. The fourth-order valence-electron chi connectivity index (χ4n) is 6.32. The predicted octanol–water partition coefficient (Wildman–Crippen LogP) is 4.19. The second-order valence-corrected chi connectivity index (χ2v) is 11.0. The van der Waals surface area contributed by atoms with Crippen LogP contribution in [0.3, 0.4) is 0 Å². The maximum atomic E-state index is 16.8. The number of rotatable bonds is 2. The minimum absolute atomic E-state index is 0.0895. The number of halogens is 2. The van der Waals surface area contributed by atoms with Gasteiger partial charge in [0.25, 0.3) is 0 Å². The standard InChI is InChI=1S/C21H26ClFO3S/c1-4-27(26)18-16(22)10-15-14-6-5-12-9-13(24)7-8-20(12,3)21(14,23)17(25)11-19(15,18)2/h7-9,14-15,17,25H,4-6,10-11H2,1-3H3/t14-,15-,17-,19-,20-,21-,27?/m0/s1. The van der Waals surface area contributed by atoms with E-state index in [1.807, 2.05) is 13.8 Å². The largest absolute Gasteiger partial charge is 0.390 e. The molecule has 0 aliphatic heterocycles. The summed E-state index contributed by atoms with van der Waals surface area (Å²) in [7, 11) is -1.21. The molecule has 0 radical (unpaired) electrons. The van der Waals surface area contributed by atoms with Gasteiger partial charge in [0, 0.05) is 32.4 Å². The third-order valence-corrected chi connectivity index (χ3v) is 9.83. The van der Waals surface area contributed by atoms with E-state index in [1.54, 1.807) is 13.0 Å². The van der Waals surface area contributed by atoms with E-state index in [0.29, 0.717) is 35.0 Å². The van der Waals surface area contributed by atoms with Crippen LogP contribution in [0.2, 0.25) is 0 Å². The lowest BCUT2D eigenvalue weighted by atomic mass is 9.46. The first-order valence-corrected chi connectivity index (χ1v) is 11.4. The summed E-state index contributed by atoms with van der Waals surface area (Å²) in [6, 6.07) is 0. The molecule has 6 heteroatoms. The summed E-state index contributed by atoms with van der Waals surface area (Å²) in [5.41, 5.74) is -2.64. The van der Waals surface area contributed by atoms with Gasteiger partial charge in [-0.05, 0) is 50.7 Å². The average Bonchev–Trinajstić information content (AvgIpc) is 2.86. The Hall–Kier alpha value is -0.780. The van der Waals surface area contributed by atoms with Crippen LogP contribution < -0.4 is 0 Å². The lowest BCUT2D eigenvalue weighted by Gasteiger charge is -2.61. The van der Waals surface area contributed by atoms with Crippen molar-refractivity contribution in [2.45, 2.75) is 58.2 Å². The van der Waals surface area contributed by atoms with E-state index in [9.17, 15) is 14.1 Å². The molecule has 27 heavy (non-hydrogen) atoms. The van der Waals surface area contributed by atoms with Crippen molar-refractivity contribution in [2.75, 3.05) is 5.75 Å². The molecular formula is C21H26ClFO3S. The van der Waals surface area contributed by atoms with Crippen LogP contribution in [0.15, 0.2) is 33.7 Å². The van der Waals surface area contributed by atoms with Crippen molar-refractivity contribution in [3.05, 3.63) is 33.7 Å². The Bertz CT molecular complexity index is 833. The van der Waals surface area contributed by atoms with Crippen molar-refractivity contribution in [3.63, 3.8) is 0 Å². The van der Waals surface area contributed by atoms with Gasteiger partial charge in [-0.2, -0.15) is 0 Å². The Morgan fingerprint density at radius 2 is 2.07 bits per heavy atom. The Labute approximate surface area is 167 Å². The fraction of sp³-hybridized carbons (Fsp3) is 0.667. The van der Waals surface area contributed by atoms with Crippen molar-refractivity contribution in [2.24, 2.45) is 22.7 Å². The van der Waals surface area contributed by atoms with Crippen LogP contribution in [0, 0.1) is 22.7 Å². The molecule has 1 unspecified atom stereocenters. The van der Waals surface area contributed by atoms with Gasteiger partial charge in [-0.25, -0.2) is 4.39 Å². The van der Waals surface area contributed by atoms with Crippen LogP contribution in [0.4, 0.5) is 4.39 Å². The lowest BCUT2D eigenvalue weighted by molar-refractivity contribution is -0.184. The predicted molar refractivity (Wildman–Crippen MR) is 105 cm³/mol. The summed E-state index contributed by atoms with van der Waals surface area (Å²) in [4.78, 5) is 12.5. The van der Waals surface area contributed by atoms with Crippen molar-refractivity contribution in [1.29, 1.82) is 0 Å². The number of hydrogen-bond donors (Lipinski definition) is 1. The van der Waals surface area contributed by atoms with Crippen LogP contribution >= 0.6 is 11.6 Å². The molecule has 0 aromatic rings. The first kappa shape index (κ1) is 19.5. The average molecular weight is 413 g/mol. The number of ketones is 1. The molecule has 4 aliphatic carbocycles. The first-order valence-electron chi connectivity index (χ1n) is 9.68. The summed E-state index contributed by atoms with van der Waals surface area (Å²) in [6.45, 7) is 5.65. The number of aliphatic hydroxyl groups is 1. The molecule has 0 spiro atoms. The topological polar surface area (TPSA) is 54.4 Å². The van der Waals surface area contributed by atoms with E-state index in [-0.39, 0.29) is 18.1 Å². The maximum Gasteiger partial charge on any atom is 0.178 e. The van der Waals surface area contributed by atoms with Gasteiger partial charge in [0.05, 0.1) is 16.9 Å². The van der Waals surface area contributed by atoms with Crippen LogP contribution in [0.25, 0.3) is 0 Å². The summed E-state index contributed by atoms with van der Waals surface area (Å²) in [5, 5.41) is 11.7. The second-order valence-electron chi connectivity index (χ2n) is 8.84. The normalized spacial score (nSPS) is 47.3. The number of carbonyl (C=O) groups is 1. The van der Waals surface area contributed by atoms with Gasteiger partial charge in [-0.15, -0.1) is 0 Å². The van der Waals surface area contributed by atoms with Crippen molar-refractivity contribution in [3.8, 4) is 0 Å². The molecule has 4 aliphatic rings. The molecule has 0 amide bonds. The van der Waals surface area contributed by atoms with Crippen LogP contribution in [-0.4, -0.2) is 32.6 Å². The third kappa shape index (κ3) is 2.34. The summed E-state index contributed by atoms with van der Waals surface area (Å²) in [6.07, 6.45) is 5.31. The van der Waals surface area contributed by atoms with Crippen LogP contribution in [0.5, 0.6) is 0 Å². The van der Waals surface area contributed by atoms with Gasteiger partial charge in [-0.1, -0.05) is 37.1 Å². The molecule has 0 saturated heterocycles. The minimum Gasteiger partial charge on any atom is -0.390 e. The third-order valence-electron chi connectivity index (χ3n) is 7.69. The van der Waals surface area contributed by atoms with E-state index < -0.39 is 39.3 Å². The van der Waals surface area contributed by atoms with E-state index in [1.165, 1.54) is 12.2 Å². The quantitative estimate of drug-likeness (QED) is 0.740. The number of hydrogen-bond acceptors (Lipinski definition) is 3. The van der Waals surface area contributed by atoms with Crippen molar-refractivity contribution >= 4 is 28.2 Å². The van der Waals surface area contributed by atoms with Crippen molar-refractivity contribution in [1.82, 2.24) is 0 Å². The Kier molecular flexibility index (Phi) is 4.42. The van der Waals surface area contributed by atoms with Gasteiger partial charge in [0.1, 0.15) is 0 Å². The molecule has 2 fully saturated rings. The highest BCUT2D eigenvalue weighted by Crippen LogP contribution is 2.69. The maximum absolute atomic E-state index is 16.8. The Morgan fingerprint density at radius 3 is 2.74 bits per heavy atom.